The summed E-state index contributed by atoms with van der Waals surface area (Å²) >= 11 is 0. The Balaban J connectivity index is 1.40. The smallest absolute Gasteiger partial charge is 0.253 e. The van der Waals surface area contributed by atoms with Crippen LogP contribution >= 0.6 is 0 Å². The number of hydrogen-bond donors (Lipinski definition) is 0. The average Bonchev–Trinajstić information content (AvgIpc) is 3.47. The molecule has 0 atom stereocenters. The van der Waals surface area contributed by atoms with E-state index in [-0.39, 0.29) is 17.7 Å². The van der Waals surface area contributed by atoms with E-state index >= 15 is 0 Å². The van der Waals surface area contributed by atoms with E-state index in [9.17, 15) is 9.59 Å². The number of hydrogen-bond acceptors (Lipinski definition) is 5. The van der Waals surface area contributed by atoms with Crippen molar-refractivity contribution in [2.24, 2.45) is 0 Å². The van der Waals surface area contributed by atoms with Crippen LogP contribution in [0.3, 0.4) is 0 Å². The molecule has 0 N–H and O–H groups in total. The summed E-state index contributed by atoms with van der Waals surface area (Å²) in [4.78, 5) is 38.9. The van der Waals surface area contributed by atoms with Crippen molar-refractivity contribution >= 4 is 11.8 Å². The van der Waals surface area contributed by atoms with Crippen molar-refractivity contribution in [3.8, 4) is 16.9 Å². The number of fused-ring (bicyclic) bond motifs is 3. The number of carbonyl (C=O) groups is 2. The Bertz CT molecular complexity index is 1500. The lowest BCUT2D eigenvalue weighted by Crippen LogP contribution is -2.41. The molecule has 3 heterocycles. The number of imidazole rings is 1. The van der Waals surface area contributed by atoms with Crippen molar-refractivity contribution in [2.45, 2.75) is 39.2 Å². The predicted octanol–water partition coefficient (Wildman–Crippen LogP) is 5.04. The van der Waals surface area contributed by atoms with Crippen molar-refractivity contribution in [1.82, 2.24) is 24.3 Å². The summed E-state index contributed by atoms with van der Waals surface area (Å²) in [6.07, 6.45) is 8.27. The Labute approximate surface area is 241 Å². The normalized spacial score (nSPS) is 14.4. The van der Waals surface area contributed by atoms with Crippen LogP contribution in [0.2, 0.25) is 0 Å². The number of likely N-dealkylation sites (N-methyl/N-ethyl adjacent to an activating group) is 1. The zero-order valence-electron chi connectivity index (χ0n) is 24.0. The van der Waals surface area contributed by atoms with Gasteiger partial charge in [-0.05, 0) is 47.0 Å². The third-order valence-electron chi connectivity index (χ3n) is 7.48. The number of aryl methyl sites for hydroxylation is 1. The SMILES string of the molecule is CC(C)c1nccn1CCC(=O)N1CCOc2ccc(-c3cccnc3)cc2Cc2cccc(c2)C(=O)N(C)CC1. The fourth-order valence-corrected chi connectivity index (χ4v) is 5.21. The van der Waals surface area contributed by atoms with Crippen LogP contribution in [-0.4, -0.2) is 69.4 Å². The highest BCUT2D eigenvalue weighted by atomic mass is 16.5. The van der Waals surface area contributed by atoms with E-state index in [2.05, 4.69) is 29.9 Å². The summed E-state index contributed by atoms with van der Waals surface area (Å²) in [7, 11) is 1.79. The minimum absolute atomic E-state index is 0.0269. The number of benzene rings is 2. The second kappa shape index (κ2) is 12.8. The maximum absolute atomic E-state index is 13.4. The maximum atomic E-state index is 13.4. The van der Waals surface area contributed by atoms with Gasteiger partial charge in [0, 0.05) is 81.4 Å². The Morgan fingerprint density at radius 1 is 0.976 bits per heavy atom. The first kappa shape index (κ1) is 28.1. The second-order valence-electron chi connectivity index (χ2n) is 10.8. The molecule has 0 radical (unpaired) electrons. The Morgan fingerprint density at radius 2 is 1.83 bits per heavy atom. The summed E-state index contributed by atoms with van der Waals surface area (Å²) in [5.74, 6) is 1.99. The van der Waals surface area contributed by atoms with Gasteiger partial charge in [0.25, 0.3) is 5.91 Å². The Morgan fingerprint density at radius 3 is 2.63 bits per heavy atom. The fourth-order valence-electron chi connectivity index (χ4n) is 5.21. The number of nitrogens with zero attached hydrogens (tertiary/aromatic N) is 5. The van der Waals surface area contributed by atoms with E-state index < -0.39 is 0 Å². The zero-order valence-corrected chi connectivity index (χ0v) is 24.0. The van der Waals surface area contributed by atoms with Crippen molar-refractivity contribution in [1.29, 1.82) is 0 Å². The first-order valence-electron chi connectivity index (χ1n) is 14.2. The largest absolute Gasteiger partial charge is 0.491 e. The van der Waals surface area contributed by atoms with Gasteiger partial charge >= 0.3 is 0 Å². The molecular weight excluding hydrogens is 514 g/mol. The molecule has 8 heteroatoms. The molecule has 4 aromatic rings. The van der Waals surface area contributed by atoms with E-state index in [0.717, 1.165) is 33.8 Å². The van der Waals surface area contributed by atoms with Gasteiger partial charge in [-0.1, -0.05) is 38.1 Å². The van der Waals surface area contributed by atoms with Crippen LogP contribution in [0.4, 0.5) is 0 Å². The molecule has 8 nitrogen and oxygen atoms in total. The van der Waals surface area contributed by atoms with Crippen LogP contribution in [0.1, 0.15) is 53.5 Å². The third kappa shape index (κ3) is 6.82. The number of pyridine rings is 1. The first-order chi connectivity index (χ1) is 19.9. The van der Waals surface area contributed by atoms with Crippen LogP contribution in [0.15, 0.2) is 79.4 Å². The van der Waals surface area contributed by atoms with Crippen LogP contribution in [-0.2, 0) is 17.8 Å². The summed E-state index contributed by atoms with van der Waals surface area (Å²) in [6, 6.07) is 17.9. The standard InChI is InChI=1S/C33H37N5O3/c1-24(2)32-35-13-15-38(32)14-11-31(39)37-17-16-36(3)33(40)27-7-4-6-25(20-27)21-29-22-26(28-8-5-12-34-23-28)9-10-30(29)41-19-18-37/h4-10,12-13,15,20,22-24H,11,14,16-19,21H2,1-3H3. The number of ether oxygens (including phenoxy) is 1. The van der Waals surface area contributed by atoms with Crippen molar-refractivity contribution in [2.75, 3.05) is 33.3 Å². The molecule has 5 rings (SSSR count). The summed E-state index contributed by atoms with van der Waals surface area (Å²) in [5.41, 5.74) is 4.75. The van der Waals surface area contributed by atoms with Gasteiger partial charge < -0.3 is 19.1 Å². The molecule has 0 saturated heterocycles. The highest BCUT2D eigenvalue weighted by Gasteiger charge is 2.20. The fraction of sp³-hybridized carbons (Fsp3) is 0.333. The minimum atomic E-state index is -0.0584. The van der Waals surface area contributed by atoms with E-state index in [1.807, 2.05) is 70.4 Å². The maximum Gasteiger partial charge on any atom is 0.253 e. The van der Waals surface area contributed by atoms with E-state index in [4.69, 9.17) is 4.74 Å². The molecule has 0 aliphatic carbocycles. The van der Waals surface area contributed by atoms with Crippen molar-refractivity contribution in [3.05, 3.63) is 102 Å². The summed E-state index contributed by atoms with van der Waals surface area (Å²) < 4.78 is 8.36. The van der Waals surface area contributed by atoms with Gasteiger partial charge in [0.1, 0.15) is 18.2 Å². The quantitative estimate of drug-likeness (QED) is 0.347. The molecule has 212 valence electrons. The molecule has 0 fully saturated rings. The monoisotopic (exact) mass is 551 g/mol. The van der Waals surface area contributed by atoms with E-state index in [0.29, 0.717) is 51.2 Å². The molecular formula is C33H37N5O3. The average molecular weight is 552 g/mol. The van der Waals surface area contributed by atoms with Crippen LogP contribution < -0.4 is 4.74 Å². The summed E-state index contributed by atoms with van der Waals surface area (Å²) in [5, 5.41) is 0. The predicted molar refractivity (Wildman–Crippen MR) is 159 cm³/mol. The van der Waals surface area contributed by atoms with Crippen LogP contribution in [0, 0.1) is 0 Å². The topological polar surface area (TPSA) is 80.6 Å². The number of carbonyl (C=O) groups excluding carboxylic acids is 2. The Kier molecular flexibility index (Phi) is 8.77. The van der Waals surface area contributed by atoms with Gasteiger partial charge in [0.15, 0.2) is 0 Å². The van der Waals surface area contributed by atoms with E-state index in [1.165, 1.54) is 0 Å². The van der Waals surface area contributed by atoms with Gasteiger partial charge in [-0.25, -0.2) is 4.98 Å². The molecule has 41 heavy (non-hydrogen) atoms. The molecule has 2 aromatic carbocycles. The molecule has 2 amide bonds. The third-order valence-corrected chi connectivity index (χ3v) is 7.48. The first-order valence-corrected chi connectivity index (χ1v) is 14.2. The van der Waals surface area contributed by atoms with Crippen LogP contribution in [0.5, 0.6) is 5.75 Å². The lowest BCUT2D eigenvalue weighted by atomic mass is 9.98. The lowest BCUT2D eigenvalue weighted by Gasteiger charge is -2.27. The van der Waals surface area contributed by atoms with Crippen molar-refractivity contribution < 1.29 is 14.3 Å². The zero-order chi connectivity index (χ0) is 28.8. The summed E-state index contributed by atoms with van der Waals surface area (Å²) in [6.45, 7) is 6.39. The lowest BCUT2D eigenvalue weighted by molar-refractivity contribution is -0.132. The number of amides is 2. The highest BCUT2D eigenvalue weighted by Crippen LogP contribution is 2.29. The molecule has 2 bridgehead atoms. The second-order valence-corrected chi connectivity index (χ2v) is 10.8. The molecule has 1 aliphatic heterocycles. The molecule has 2 aromatic heterocycles. The molecule has 0 unspecified atom stereocenters. The van der Waals surface area contributed by atoms with Gasteiger partial charge in [0.05, 0.1) is 6.54 Å². The van der Waals surface area contributed by atoms with Gasteiger partial charge in [-0.2, -0.15) is 0 Å². The van der Waals surface area contributed by atoms with Gasteiger partial charge in [-0.15, -0.1) is 0 Å². The van der Waals surface area contributed by atoms with Gasteiger partial charge in [0.2, 0.25) is 5.91 Å². The van der Waals surface area contributed by atoms with E-state index in [1.54, 1.807) is 24.3 Å². The molecule has 0 spiro atoms. The van der Waals surface area contributed by atoms with Crippen molar-refractivity contribution in [3.63, 3.8) is 0 Å². The molecule has 1 aliphatic rings. The van der Waals surface area contributed by atoms with Gasteiger partial charge in [-0.3, -0.25) is 14.6 Å². The molecule has 0 saturated carbocycles. The Hall–Kier alpha value is -4.46. The van der Waals surface area contributed by atoms with Crippen LogP contribution in [0.25, 0.3) is 11.1 Å². The minimum Gasteiger partial charge on any atom is -0.491 e. The number of rotatable bonds is 5. The highest BCUT2D eigenvalue weighted by molar-refractivity contribution is 5.94. The number of aromatic nitrogens is 3.